The van der Waals surface area contributed by atoms with E-state index in [2.05, 4.69) is 28.8 Å². The van der Waals surface area contributed by atoms with E-state index in [0.717, 1.165) is 18.8 Å². The molecule has 0 bridgehead atoms. The molecule has 1 unspecified atom stereocenters. The van der Waals surface area contributed by atoms with Crippen molar-refractivity contribution in [2.75, 3.05) is 31.6 Å². The Labute approximate surface area is 109 Å². The van der Waals surface area contributed by atoms with Gasteiger partial charge in [-0.15, -0.1) is 0 Å². The molecule has 1 fully saturated rings. The second-order valence-corrected chi connectivity index (χ2v) is 4.82. The fraction of sp³-hybridized carbons (Fsp3) is 0.571. The van der Waals surface area contributed by atoms with Gasteiger partial charge in [0, 0.05) is 19.6 Å². The molecule has 96 valence electrons. The number of hydrogen-bond acceptors (Lipinski definition) is 4. The van der Waals surface area contributed by atoms with Crippen molar-refractivity contribution in [2.24, 2.45) is 0 Å². The van der Waals surface area contributed by atoms with Crippen molar-refractivity contribution in [1.82, 2.24) is 9.88 Å². The summed E-state index contributed by atoms with van der Waals surface area (Å²) in [4.78, 5) is 8.88. The summed E-state index contributed by atoms with van der Waals surface area (Å²) < 4.78 is 0. The molecule has 2 heterocycles. The van der Waals surface area contributed by atoms with Crippen LogP contribution in [0, 0.1) is 11.3 Å². The Morgan fingerprint density at radius 3 is 3.00 bits per heavy atom. The van der Waals surface area contributed by atoms with Gasteiger partial charge in [-0.1, -0.05) is 6.92 Å². The summed E-state index contributed by atoms with van der Waals surface area (Å²) in [5.41, 5.74) is 1.56. The average Bonchev–Trinajstić information content (AvgIpc) is 2.86. The molecule has 0 radical (unpaired) electrons. The lowest BCUT2D eigenvalue weighted by Crippen LogP contribution is -2.38. The van der Waals surface area contributed by atoms with Gasteiger partial charge in [0.25, 0.3) is 0 Å². The average molecular weight is 244 g/mol. The van der Waals surface area contributed by atoms with Gasteiger partial charge in [0.1, 0.15) is 11.8 Å². The number of rotatable bonds is 4. The van der Waals surface area contributed by atoms with E-state index in [0.29, 0.717) is 11.7 Å². The first kappa shape index (κ1) is 12.8. The van der Waals surface area contributed by atoms with Gasteiger partial charge < -0.3 is 4.90 Å². The summed E-state index contributed by atoms with van der Waals surface area (Å²) in [6.07, 6.45) is 4.36. The Morgan fingerprint density at radius 1 is 1.56 bits per heavy atom. The highest BCUT2D eigenvalue weighted by molar-refractivity contribution is 5.45. The van der Waals surface area contributed by atoms with Gasteiger partial charge in [-0.25, -0.2) is 4.98 Å². The van der Waals surface area contributed by atoms with Gasteiger partial charge >= 0.3 is 0 Å². The van der Waals surface area contributed by atoms with Crippen LogP contribution < -0.4 is 4.90 Å². The molecule has 1 atom stereocenters. The summed E-state index contributed by atoms with van der Waals surface area (Å²) in [7, 11) is 2.09. The van der Waals surface area contributed by atoms with E-state index in [1.807, 2.05) is 12.1 Å². The van der Waals surface area contributed by atoms with Crippen LogP contribution in [0.3, 0.4) is 0 Å². The van der Waals surface area contributed by atoms with Gasteiger partial charge in [0.2, 0.25) is 0 Å². The van der Waals surface area contributed by atoms with Crippen LogP contribution in [0.4, 0.5) is 5.69 Å². The van der Waals surface area contributed by atoms with Crippen LogP contribution in [0.5, 0.6) is 0 Å². The Kier molecular flexibility index (Phi) is 4.16. The predicted molar refractivity (Wildman–Crippen MR) is 72.5 cm³/mol. The van der Waals surface area contributed by atoms with Gasteiger partial charge in [-0.05, 0) is 38.1 Å². The third-order valence-corrected chi connectivity index (χ3v) is 3.69. The molecule has 0 spiro atoms. The Bertz CT molecular complexity index is 420. The quantitative estimate of drug-likeness (QED) is 0.811. The van der Waals surface area contributed by atoms with E-state index < -0.39 is 0 Å². The zero-order valence-electron chi connectivity index (χ0n) is 11.1. The van der Waals surface area contributed by atoms with Gasteiger partial charge in [0.15, 0.2) is 0 Å². The second kappa shape index (κ2) is 5.83. The molecule has 0 N–H and O–H groups in total. The minimum atomic E-state index is 0.475. The first-order valence-corrected chi connectivity index (χ1v) is 6.56. The Morgan fingerprint density at radius 2 is 2.39 bits per heavy atom. The highest BCUT2D eigenvalue weighted by Crippen LogP contribution is 2.20. The lowest BCUT2D eigenvalue weighted by atomic mass is 10.2. The summed E-state index contributed by atoms with van der Waals surface area (Å²) in [5.74, 6) is 0. The van der Waals surface area contributed by atoms with Gasteiger partial charge in [-0.2, -0.15) is 5.26 Å². The highest BCUT2D eigenvalue weighted by Gasteiger charge is 2.24. The number of nitriles is 1. The highest BCUT2D eigenvalue weighted by atomic mass is 15.2. The monoisotopic (exact) mass is 244 g/mol. The number of likely N-dealkylation sites (tertiary alicyclic amines) is 1. The van der Waals surface area contributed by atoms with Gasteiger partial charge in [0.05, 0.1) is 11.9 Å². The number of aromatic nitrogens is 1. The van der Waals surface area contributed by atoms with Crippen LogP contribution in [-0.4, -0.2) is 42.6 Å². The number of nitrogens with zero attached hydrogens (tertiary/aromatic N) is 4. The molecule has 4 nitrogen and oxygen atoms in total. The summed E-state index contributed by atoms with van der Waals surface area (Å²) >= 11 is 0. The van der Waals surface area contributed by atoms with Crippen molar-refractivity contribution in [3.05, 3.63) is 24.0 Å². The summed E-state index contributed by atoms with van der Waals surface area (Å²) in [5, 5.41) is 8.73. The standard InChI is InChI=1S/C14H20N4/c1-3-18-8-4-5-14(18)11-17(2)13-7-6-12(9-15)16-10-13/h6-7,10,14H,3-5,8,11H2,1-2H3. The fourth-order valence-corrected chi connectivity index (χ4v) is 2.62. The molecule has 0 aliphatic carbocycles. The lowest BCUT2D eigenvalue weighted by molar-refractivity contribution is 0.270. The number of anilines is 1. The van der Waals surface area contributed by atoms with E-state index in [4.69, 9.17) is 5.26 Å². The van der Waals surface area contributed by atoms with Crippen molar-refractivity contribution < 1.29 is 0 Å². The number of pyridine rings is 1. The molecule has 2 rings (SSSR count). The maximum Gasteiger partial charge on any atom is 0.140 e. The molecular formula is C14H20N4. The molecule has 0 saturated carbocycles. The zero-order valence-corrected chi connectivity index (χ0v) is 11.1. The van der Waals surface area contributed by atoms with Gasteiger partial charge in [-0.3, -0.25) is 4.90 Å². The molecule has 0 aromatic carbocycles. The van der Waals surface area contributed by atoms with Crippen molar-refractivity contribution in [1.29, 1.82) is 5.26 Å². The molecule has 0 amide bonds. The maximum atomic E-state index is 8.73. The molecule has 1 saturated heterocycles. The van der Waals surface area contributed by atoms with Crippen molar-refractivity contribution in [3.63, 3.8) is 0 Å². The molecule has 18 heavy (non-hydrogen) atoms. The van der Waals surface area contributed by atoms with E-state index in [-0.39, 0.29) is 0 Å². The van der Waals surface area contributed by atoms with Crippen LogP contribution in [-0.2, 0) is 0 Å². The molecule has 1 aromatic heterocycles. The van der Waals surface area contributed by atoms with Crippen molar-refractivity contribution in [3.8, 4) is 6.07 Å². The second-order valence-electron chi connectivity index (χ2n) is 4.82. The number of likely N-dealkylation sites (N-methyl/N-ethyl adjacent to an activating group) is 2. The molecular weight excluding hydrogens is 224 g/mol. The van der Waals surface area contributed by atoms with Crippen molar-refractivity contribution >= 4 is 5.69 Å². The van der Waals surface area contributed by atoms with Crippen LogP contribution in [0.1, 0.15) is 25.5 Å². The van der Waals surface area contributed by atoms with E-state index >= 15 is 0 Å². The maximum absolute atomic E-state index is 8.73. The van der Waals surface area contributed by atoms with Crippen molar-refractivity contribution in [2.45, 2.75) is 25.8 Å². The Balaban J connectivity index is 1.98. The van der Waals surface area contributed by atoms with Crippen LogP contribution in [0.15, 0.2) is 18.3 Å². The van der Waals surface area contributed by atoms with E-state index in [1.165, 1.54) is 19.4 Å². The van der Waals surface area contributed by atoms with Crippen LogP contribution in [0.2, 0.25) is 0 Å². The molecule has 1 aromatic rings. The van der Waals surface area contributed by atoms with E-state index in [1.54, 1.807) is 12.3 Å². The predicted octanol–water partition coefficient (Wildman–Crippen LogP) is 1.87. The molecule has 1 aliphatic rings. The first-order valence-electron chi connectivity index (χ1n) is 6.56. The Hall–Kier alpha value is -1.60. The fourth-order valence-electron chi connectivity index (χ4n) is 2.62. The normalized spacial score (nSPS) is 19.7. The minimum absolute atomic E-state index is 0.475. The lowest BCUT2D eigenvalue weighted by Gasteiger charge is -2.28. The summed E-state index contributed by atoms with van der Waals surface area (Å²) in [6, 6.07) is 6.44. The molecule has 4 heteroatoms. The van der Waals surface area contributed by atoms with Crippen LogP contribution in [0.25, 0.3) is 0 Å². The zero-order chi connectivity index (χ0) is 13.0. The SMILES string of the molecule is CCN1CCCC1CN(C)c1ccc(C#N)nc1. The summed E-state index contributed by atoms with van der Waals surface area (Å²) in [6.45, 7) is 5.60. The minimum Gasteiger partial charge on any atom is -0.372 e. The molecule has 1 aliphatic heterocycles. The van der Waals surface area contributed by atoms with E-state index in [9.17, 15) is 0 Å². The topological polar surface area (TPSA) is 43.2 Å². The largest absolute Gasteiger partial charge is 0.372 e. The number of hydrogen-bond donors (Lipinski definition) is 0. The first-order chi connectivity index (χ1) is 8.74. The van der Waals surface area contributed by atoms with Crippen LogP contribution >= 0.6 is 0 Å². The third kappa shape index (κ3) is 2.80. The smallest absolute Gasteiger partial charge is 0.140 e. The third-order valence-electron chi connectivity index (χ3n) is 3.69.